The van der Waals surface area contributed by atoms with E-state index in [4.69, 9.17) is 4.98 Å². The average molecular weight is 299 g/mol. The normalized spacial score (nSPS) is 17.5. The van der Waals surface area contributed by atoms with Gasteiger partial charge < -0.3 is 9.30 Å². The van der Waals surface area contributed by atoms with Crippen molar-refractivity contribution >= 4 is 11.6 Å². The number of hydrogen-bond acceptors (Lipinski definition) is 2. The van der Waals surface area contributed by atoms with Crippen LogP contribution in [0.3, 0.4) is 0 Å². The van der Waals surface area contributed by atoms with Crippen LogP contribution in [0.25, 0.3) is 5.65 Å². The Labute approximate surface area is 132 Å². The lowest BCUT2D eigenvalue weighted by Gasteiger charge is -2.29. The number of amides is 1. The molecule has 4 heteroatoms. The van der Waals surface area contributed by atoms with Gasteiger partial charge in [0.1, 0.15) is 5.65 Å². The number of hydrogen-bond donors (Lipinski definition) is 0. The fourth-order valence-corrected chi connectivity index (χ4v) is 3.50. The highest BCUT2D eigenvalue weighted by molar-refractivity contribution is 5.79. The number of aryl methyl sites for hydroxylation is 1. The SMILES string of the molecule is CCCN(CCC)C(=O)C1CCc2nc3ccccn3c2C1. The molecule has 2 heterocycles. The molecule has 4 nitrogen and oxygen atoms in total. The molecule has 1 unspecified atom stereocenters. The van der Waals surface area contributed by atoms with Gasteiger partial charge >= 0.3 is 0 Å². The van der Waals surface area contributed by atoms with E-state index in [2.05, 4.69) is 29.3 Å². The van der Waals surface area contributed by atoms with Gasteiger partial charge in [-0.25, -0.2) is 4.98 Å². The molecule has 0 fully saturated rings. The van der Waals surface area contributed by atoms with Crippen molar-refractivity contribution in [2.24, 2.45) is 5.92 Å². The van der Waals surface area contributed by atoms with Gasteiger partial charge in [-0.3, -0.25) is 4.79 Å². The zero-order valence-electron chi connectivity index (χ0n) is 13.6. The standard InChI is InChI=1S/C18H25N3O/c1-3-10-20(11-4-2)18(22)14-8-9-15-16(13-14)21-12-6-5-7-17(21)19-15/h5-7,12,14H,3-4,8-11,13H2,1-2H3. The first-order chi connectivity index (χ1) is 10.7. The van der Waals surface area contributed by atoms with Crippen LogP contribution in [0.5, 0.6) is 0 Å². The summed E-state index contributed by atoms with van der Waals surface area (Å²) < 4.78 is 2.15. The minimum atomic E-state index is 0.116. The van der Waals surface area contributed by atoms with Crippen LogP contribution in [0.2, 0.25) is 0 Å². The van der Waals surface area contributed by atoms with Crippen LogP contribution in [-0.4, -0.2) is 33.3 Å². The summed E-state index contributed by atoms with van der Waals surface area (Å²) in [6.07, 6.45) is 6.78. The van der Waals surface area contributed by atoms with Gasteiger partial charge in [-0.05, 0) is 37.8 Å². The molecule has 2 aromatic rings. The minimum Gasteiger partial charge on any atom is -0.342 e. The number of imidazole rings is 1. The number of fused-ring (bicyclic) bond motifs is 3. The van der Waals surface area contributed by atoms with E-state index < -0.39 is 0 Å². The molecule has 1 aliphatic rings. The number of carbonyl (C=O) groups is 1. The second kappa shape index (κ2) is 6.51. The van der Waals surface area contributed by atoms with Crippen LogP contribution in [0.15, 0.2) is 24.4 Å². The van der Waals surface area contributed by atoms with Crippen molar-refractivity contribution in [1.82, 2.24) is 14.3 Å². The molecule has 0 N–H and O–H groups in total. The maximum Gasteiger partial charge on any atom is 0.226 e. The summed E-state index contributed by atoms with van der Waals surface area (Å²) in [5, 5.41) is 0. The van der Waals surface area contributed by atoms with Crippen molar-refractivity contribution in [2.75, 3.05) is 13.1 Å². The van der Waals surface area contributed by atoms with E-state index in [1.807, 2.05) is 18.2 Å². The molecule has 1 amide bonds. The smallest absolute Gasteiger partial charge is 0.226 e. The van der Waals surface area contributed by atoms with E-state index in [1.165, 1.54) is 11.4 Å². The van der Waals surface area contributed by atoms with E-state index in [1.54, 1.807) is 0 Å². The van der Waals surface area contributed by atoms with Gasteiger partial charge in [-0.15, -0.1) is 0 Å². The number of rotatable bonds is 5. The number of aromatic nitrogens is 2. The van der Waals surface area contributed by atoms with Crippen molar-refractivity contribution in [1.29, 1.82) is 0 Å². The molecule has 0 saturated carbocycles. The Bertz CT molecular complexity index is 655. The predicted octanol–water partition coefficient (Wildman–Crippen LogP) is 3.09. The van der Waals surface area contributed by atoms with Crippen LogP contribution >= 0.6 is 0 Å². The molecule has 0 radical (unpaired) electrons. The summed E-state index contributed by atoms with van der Waals surface area (Å²) >= 11 is 0. The Morgan fingerprint density at radius 1 is 1.32 bits per heavy atom. The van der Waals surface area contributed by atoms with Crippen molar-refractivity contribution in [2.45, 2.75) is 46.0 Å². The van der Waals surface area contributed by atoms with Gasteiger partial charge in [0.05, 0.1) is 5.69 Å². The molecule has 22 heavy (non-hydrogen) atoms. The average Bonchev–Trinajstić information content (AvgIpc) is 2.92. The molecular formula is C18H25N3O. The van der Waals surface area contributed by atoms with Crippen LogP contribution in [-0.2, 0) is 17.6 Å². The molecule has 0 spiro atoms. The first kappa shape index (κ1) is 15.1. The summed E-state index contributed by atoms with van der Waals surface area (Å²) in [6.45, 7) is 6.03. The first-order valence-electron chi connectivity index (χ1n) is 8.48. The maximum atomic E-state index is 12.8. The predicted molar refractivity (Wildman–Crippen MR) is 87.9 cm³/mol. The van der Waals surface area contributed by atoms with E-state index in [0.29, 0.717) is 5.91 Å². The maximum absolute atomic E-state index is 12.8. The monoisotopic (exact) mass is 299 g/mol. The molecule has 0 saturated heterocycles. The van der Waals surface area contributed by atoms with Crippen LogP contribution in [0.4, 0.5) is 0 Å². The third kappa shape index (κ3) is 2.74. The van der Waals surface area contributed by atoms with Crippen molar-refractivity contribution < 1.29 is 4.79 Å². The lowest BCUT2D eigenvalue weighted by molar-refractivity contribution is -0.136. The highest BCUT2D eigenvalue weighted by Crippen LogP contribution is 2.27. The molecule has 0 aromatic carbocycles. The molecule has 0 bridgehead atoms. The molecule has 1 atom stereocenters. The third-order valence-electron chi connectivity index (χ3n) is 4.53. The minimum absolute atomic E-state index is 0.116. The van der Waals surface area contributed by atoms with Gasteiger partial charge in [-0.2, -0.15) is 0 Å². The summed E-state index contributed by atoms with van der Waals surface area (Å²) in [5.41, 5.74) is 3.40. The molecule has 2 aromatic heterocycles. The Balaban J connectivity index is 1.82. The first-order valence-corrected chi connectivity index (χ1v) is 8.48. The summed E-state index contributed by atoms with van der Waals surface area (Å²) in [5.74, 6) is 0.450. The number of pyridine rings is 1. The second-order valence-corrected chi connectivity index (χ2v) is 6.20. The Hall–Kier alpha value is -1.84. The second-order valence-electron chi connectivity index (χ2n) is 6.20. The van der Waals surface area contributed by atoms with E-state index >= 15 is 0 Å². The third-order valence-corrected chi connectivity index (χ3v) is 4.53. The van der Waals surface area contributed by atoms with E-state index in [9.17, 15) is 4.79 Å². The van der Waals surface area contributed by atoms with Crippen LogP contribution < -0.4 is 0 Å². The van der Waals surface area contributed by atoms with Gasteiger partial charge in [0.15, 0.2) is 0 Å². The van der Waals surface area contributed by atoms with Crippen LogP contribution in [0, 0.1) is 5.92 Å². The van der Waals surface area contributed by atoms with Gasteiger partial charge in [0.25, 0.3) is 0 Å². The fraction of sp³-hybridized carbons (Fsp3) is 0.556. The largest absolute Gasteiger partial charge is 0.342 e. The molecule has 118 valence electrons. The quantitative estimate of drug-likeness (QED) is 0.851. The molecule has 1 aliphatic carbocycles. The van der Waals surface area contributed by atoms with E-state index in [0.717, 1.165) is 50.8 Å². The zero-order valence-corrected chi connectivity index (χ0v) is 13.6. The Kier molecular flexibility index (Phi) is 4.46. The summed E-state index contributed by atoms with van der Waals surface area (Å²) in [6, 6.07) is 6.08. The van der Waals surface area contributed by atoms with E-state index in [-0.39, 0.29) is 5.92 Å². The number of carbonyl (C=O) groups excluding carboxylic acids is 1. The highest BCUT2D eigenvalue weighted by Gasteiger charge is 2.30. The van der Waals surface area contributed by atoms with Gasteiger partial charge in [0.2, 0.25) is 5.91 Å². The Morgan fingerprint density at radius 2 is 2.09 bits per heavy atom. The van der Waals surface area contributed by atoms with Gasteiger partial charge in [-0.1, -0.05) is 19.9 Å². The number of nitrogens with zero attached hydrogens (tertiary/aromatic N) is 3. The van der Waals surface area contributed by atoms with Crippen molar-refractivity contribution in [3.8, 4) is 0 Å². The lowest BCUT2D eigenvalue weighted by atomic mass is 9.88. The molecule has 0 aliphatic heterocycles. The van der Waals surface area contributed by atoms with Crippen molar-refractivity contribution in [3.05, 3.63) is 35.8 Å². The fourth-order valence-electron chi connectivity index (χ4n) is 3.50. The topological polar surface area (TPSA) is 37.6 Å². The summed E-state index contributed by atoms with van der Waals surface area (Å²) in [4.78, 5) is 19.6. The Morgan fingerprint density at radius 3 is 2.82 bits per heavy atom. The molecule has 3 rings (SSSR count). The highest BCUT2D eigenvalue weighted by atomic mass is 16.2. The lowest BCUT2D eigenvalue weighted by Crippen LogP contribution is -2.39. The molecular weight excluding hydrogens is 274 g/mol. The zero-order chi connectivity index (χ0) is 15.5. The van der Waals surface area contributed by atoms with Gasteiger partial charge in [0, 0.05) is 37.3 Å². The van der Waals surface area contributed by atoms with Crippen LogP contribution in [0.1, 0.15) is 44.5 Å². The summed E-state index contributed by atoms with van der Waals surface area (Å²) in [7, 11) is 0. The van der Waals surface area contributed by atoms with Crippen molar-refractivity contribution in [3.63, 3.8) is 0 Å².